The summed E-state index contributed by atoms with van der Waals surface area (Å²) in [5, 5.41) is 13.4. The second-order valence-electron chi connectivity index (χ2n) is 12.1. The molecule has 1 saturated carbocycles. The van der Waals surface area contributed by atoms with Gasteiger partial charge in [-0.05, 0) is 69.5 Å². The van der Waals surface area contributed by atoms with E-state index in [-0.39, 0.29) is 28.5 Å². The van der Waals surface area contributed by atoms with E-state index in [1.54, 1.807) is 35.2 Å². The van der Waals surface area contributed by atoms with Crippen molar-refractivity contribution in [2.45, 2.75) is 76.0 Å². The molecule has 1 aromatic heterocycles. The molecule has 228 valence electrons. The number of anilines is 3. The third-order valence-electron chi connectivity index (χ3n) is 9.46. The zero-order chi connectivity index (χ0) is 30.0. The predicted molar refractivity (Wildman–Crippen MR) is 170 cm³/mol. The minimum Gasteiger partial charge on any atom is -0.373 e. The lowest BCUT2D eigenvalue weighted by Gasteiger charge is -2.43. The van der Waals surface area contributed by atoms with Crippen LogP contribution in [0.1, 0.15) is 69.9 Å². The Morgan fingerprint density at radius 2 is 1.98 bits per heavy atom. The van der Waals surface area contributed by atoms with Crippen molar-refractivity contribution in [1.29, 1.82) is 5.26 Å². The van der Waals surface area contributed by atoms with Gasteiger partial charge in [-0.3, -0.25) is 9.36 Å². The first-order valence-electron chi connectivity index (χ1n) is 15.4. The molecule has 1 atom stereocenters. The van der Waals surface area contributed by atoms with Crippen molar-refractivity contribution >= 4 is 40.1 Å². The van der Waals surface area contributed by atoms with E-state index in [1.807, 2.05) is 18.3 Å². The number of piperidine rings is 1. The van der Waals surface area contributed by atoms with Crippen molar-refractivity contribution in [2.24, 2.45) is 0 Å². The Morgan fingerprint density at radius 1 is 1.19 bits per heavy atom. The third-order valence-corrected chi connectivity index (χ3v) is 10.3. The average Bonchev–Trinajstić information content (AvgIpc) is 3.45. The number of rotatable bonds is 8. The first-order valence-corrected chi connectivity index (χ1v) is 16.2. The van der Waals surface area contributed by atoms with Crippen LogP contribution in [0.3, 0.4) is 0 Å². The molecular weight excluding hydrogens is 565 g/mol. The molecule has 0 radical (unpaired) electrons. The fourth-order valence-electron chi connectivity index (χ4n) is 6.80. The van der Waals surface area contributed by atoms with E-state index in [0.717, 1.165) is 44.9 Å². The maximum absolute atomic E-state index is 15.0. The summed E-state index contributed by atoms with van der Waals surface area (Å²) in [6, 6.07) is 10.8. The zero-order valence-corrected chi connectivity index (χ0v) is 25.8. The van der Waals surface area contributed by atoms with Gasteiger partial charge in [0.15, 0.2) is 0 Å². The summed E-state index contributed by atoms with van der Waals surface area (Å²) in [6.07, 6.45) is 11.1. The van der Waals surface area contributed by atoms with Crippen molar-refractivity contribution < 1.29 is 9.13 Å². The number of benzene rings is 2. The monoisotopic (exact) mass is 605 g/mol. The number of hydrogen-bond donors (Lipinski definition) is 2. The second kappa shape index (κ2) is 12.8. The molecule has 43 heavy (non-hydrogen) atoms. The Balaban J connectivity index is 1.20. The van der Waals surface area contributed by atoms with E-state index in [1.165, 1.54) is 50.3 Å². The lowest BCUT2D eigenvalue weighted by molar-refractivity contribution is -0.0535. The Morgan fingerprint density at radius 3 is 2.72 bits per heavy atom. The van der Waals surface area contributed by atoms with Crippen LogP contribution in [0.4, 0.5) is 21.5 Å². The van der Waals surface area contributed by atoms with Crippen LogP contribution in [0.25, 0.3) is 10.9 Å². The van der Waals surface area contributed by atoms with Crippen LogP contribution in [0.5, 0.6) is 0 Å². The van der Waals surface area contributed by atoms with Crippen LogP contribution < -0.4 is 15.6 Å². The molecule has 1 aliphatic carbocycles. The quantitative estimate of drug-likeness (QED) is 0.291. The summed E-state index contributed by atoms with van der Waals surface area (Å²) in [7, 11) is 1.92. The number of likely N-dealkylation sites (tertiary alicyclic amines) is 1. The summed E-state index contributed by atoms with van der Waals surface area (Å²) >= 11 is 1.33. The minimum absolute atomic E-state index is 0.0570. The lowest BCUT2D eigenvalue weighted by Crippen LogP contribution is -2.48. The van der Waals surface area contributed by atoms with Gasteiger partial charge in [0, 0.05) is 43.5 Å². The normalized spacial score (nSPS) is 21.0. The van der Waals surface area contributed by atoms with Gasteiger partial charge >= 0.3 is 0 Å². The van der Waals surface area contributed by atoms with Crippen LogP contribution in [0.15, 0.2) is 41.5 Å². The smallest absolute Gasteiger partial charge is 0.261 e. The second-order valence-corrected chi connectivity index (χ2v) is 13.1. The highest BCUT2D eigenvalue weighted by atomic mass is 32.2. The summed E-state index contributed by atoms with van der Waals surface area (Å²) in [5.74, 6) is -0.553. The molecule has 1 spiro atoms. The molecule has 6 rings (SSSR count). The number of hydrogen-bond acceptors (Lipinski definition) is 9. The highest BCUT2D eigenvalue weighted by Gasteiger charge is 2.44. The Kier molecular flexibility index (Phi) is 8.91. The molecule has 3 heterocycles. The summed E-state index contributed by atoms with van der Waals surface area (Å²) < 4.78 is 28.2. The Labute approximate surface area is 256 Å². The maximum Gasteiger partial charge on any atom is 0.261 e. The predicted octanol–water partition coefficient (Wildman–Crippen LogP) is 6.21. The van der Waals surface area contributed by atoms with Crippen LogP contribution in [0, 0.1) is 17.1 Å². The summed E-state index contributed by atoms with van der Waals surface area (Å²) in [6.45, 7) is 5.42. The van der Waals surface area contributed by atoms with Gasteiger partial charge in [-0.15, -0.1) is 0 Å². The van der Waals surface area contributed by atoms with Gasteiger partial charge in [0.25, 0.3) is 5.56 Å². The summed E-state index contributed by atoms with van der Waals surface area (Å²) in [5.41, 5.74) is 1.46. The fourth-order valence-corrected chi connectivity index (χ4v) is 7.35. The van der Waals surface area contributed by atoms with E-state index in [4.69, 9.17) is 4.74 Å². The Hall–Kier alpha value is -3.17. The minimum atomic E-state index is -0.553. The zero-order valence-electron chi connectivity index (χ0n) is 24.9. The van der Waals surface area contributed by atoms with Crippen molar-refractivity contribution in [3.05, 3.63) is 58.4 Å². The van der Waals surface area contributed by atoms with Gasteiger partial charge in [-0.25, -0.2) is 13.7 Å². The molecule has 3 fully saturated rings. The number of fused-ring (bicyclic) bond motifs is 1. The van der Waals surface area contributed by atoms with Crippen molar-refractivity contribution in [2.75, 3.05) is 43.3 Å². The molecule has 11 heteroatoms. The van der Waals surface area contributed by atoms with E-state index in [9.17, 15) is 14.4 Å². The maximum atomic E-state index is 15.0. The van der Waals surface area contributed by atoms with E-state index in [0.29, 0.717) is 28.9 Å². The van der Waals surface area contributed by atoms with Crippen molar-refractivity contribution in [1.82, 2.24) is 18.8 Å². The van der Waals surface area contributed by atoms with Crippen molar-refractivity contribution in [3.8, 4) is 6.07 Å². The first-order chi connectivity index (χ1) is 20.9. The van der Waals surface area contributed by atoms with Gasteiger partial charge in [-0.1, -0.05) is 26.2 Å². The standard InChI is InChI=1S/C32H40FN7O2S/c1-3-38(2)43-37-29-12-10-27(33)30(26(29)19-34)36-22-9-11-28-25(17-22)31(41)40(21-35-28)24-18-32(42-20-24)13-15-39(16-14-32)23-7-5-4-6-8-23/h9-12,17,21,23-24,36-37H,3-8,13-16,18,20H2,1-2H3. The molecule has 0 amide bonds. The van der Waals surface area contributed by atoms with Crippen LogP contribution >= 0.6 is 12.1 Å². The number of nitrogens with one attached hydrogen (secondary N) is 2. The third kappa shape index (κ3) is 6.25. The molecule has 0 bridgehead atoms. The number of nitriles is 1. The molecule has 3 aliphatic rings. The van der Waals surface area contributed by atoms with E-state index >= 15 is 0 Å². The highest BCUT2D eigenvalue weighted by Crippen LogP contribution is 2.41. The average molecular weight is 606 g/mol. The van der Waals surface area contributed by atoms with Crippen molar-refractivity contribution in [3.63, 3.8) is 0 Å². The van der Waals surface area contributed by atoms with Gasteiger partial charge in [-0.2, -0.15) is 5.26 Å². The number of ether oxygens (including phenoxy) is 1. The highest BCUT2D eigenvalue weighted by molar-refractivity contribution is 7.98. The van der Waals surface area contributed by atoms with E-state index in [2.05, 4.69) is 26.0 Å². The number of aromatic nitrogens is 2. The molecule has 2 saturated heterocycles. The Bertz CT molecular complexity index is 1560. The first kappa shape index (κ1) is 29.9. The molecule has 9 nitrogen and oxygen atoms in total. The lowest BCUT2D eigenvalue weighted by atomic mass is 9.85. The van der Waals surface area contributed by atoms with E-state index < -0.39 is 5.82 Å². The van der Waals surface area contributed by atoms with Gasteiger partial charge in [0.1, 0.15) is 17.4 Å². The van der Waals surface area contributed by atoms with Crippen LogP contribution in [-0.2, 0) is 4.74 Å². The van der Waals surface area contributed by atoms with Gasteiger partial charge in [0.2, 0.25) is 0 Å². The number of nitrogens with zero attached hydrogens (tertiary/aromatic N) is 5. The van der Waals surface area contributed by atoms with Crippen LogP contribution in [0.2, 0.25) is 0 Å². The SMILES string of the molecule is CCN(C)SNc1ccc(F)c(Nc2ccc3ncn(C4COC5(CCN(C6CCCCC6)CC5)C4)c(=O)c3c2)c1C#N. The molecule has 2 aromatic carbocycles. The molecular formula is C32H40FN7O2S. The largest absolute Gasteiger partial charge is 0.373 e. The fraction of sp³-hybridized carbons (Fsp3) is 0.531. The molecule has 2 aliphatic heterocycles. The summed E-state index contributed by atoms with van der Waals surface area (Å²) in [4.78, 5) is 21.0. The topological polar surface area (TPSA) is 98.4 Å². The molecule has 2 N–H and O–H groups in total. The molecule has 3 aromatic rings. The van der Waals surface area contributed by atoms with Crippen LogP contribution in [-0.4, -0.2) is 63.7 Å². The number of halogens is 1. The molecule has 1 unspecified atom stereocenters. The van der Waals surface area contributed by atoms with Gasteiger partial charge < -0.3 is 19.7 Å². The van der Waals surface area contributed by atoms with Gasteiger partial charge in [0.05, 0.1) is 46.9 Å².